The van der Waals surface area contributed by atoms with Gasteiger partial charge in [-0.3, -0.25) is 9.69 Å². The standard InChI is InChI=1S/C23H20F3N3O4/c1-12-6-7-13(2)16(8-12)20-19-17(11-33-21(19)31)29(22(32)28-20)10-18(30)27-15-5-3-4-14(9-15)23(24,25)26/h3-9,20H,10-11H2,1-2H3,(H,27,30)(H,28,32)/t20-/m1/s1. The van der Waals surface area contributed by atoms with Crippen LogP contribution in [0.3, 0.4) is 0 Å². The molecule has 2 aromatic rings. The number of nitrogens with one attached hydrogen (secondary N) is 2. The molecule has 0 saturated heterocycles. The van der Waals surface area contributed by atoms with Gasteiger partial charge in [0.2, 0.25) is 5.91 Å². The van der Waals surface area contributed by atoms with Crippen molar-refractivity contribution in [1.82, 2.24) is 10.2 Å². The van der Waals surface area contributed by atoms with Gasteiger partial charge in [-0.2, -0.15) is 13.2 Å². The first-order valence-electron chi connectivity index (χ1n) is 10.1. The van der Waals surface area contributed by atoms with Gasteiger partial charge in [0, 0.05) is 5.69 Å². The Morgan fingerprint density at radius 1 is 1.18 bits per heavy atom. The lowest BCUT2D eigenvalue weighted by Crippen LogP contribution is -2.49. The highest BCUT2D eigenvalue weighted by Gasteiger charge is 2.43. The highest BCUT2D eigenvalue weighted by atomic mass is 19.4. The number of amides is 3. The summed E-state index contributed by atoms with van der Waals surface area (Å²) in [6.45, 7) is 3.06. The quantitative estimate of drug-likeness (QED) is 0.681. The van der Waals surface area contributed by atoms with E-state index < -0.39 is 42.2 Å². The summed E-state index contributed by atoms with van der Waals surface area (Å²) in [6.07, 6.45) is -4.56. The van der Waals surface area contributed by atoms with Crippen LogP contribution in [0.25, 0.3) is 0 Å². The Morgan fingerprint density at radius 3 is 2.67 bits per heavy atom. The van der Waals surface area contributed by atoms with Gasteiger partial charge in [-0.25, -0.2) is 9.59 Å². The Balaban J connectivity index is 1.59. The summed E-state index contributed by atoms with van der Waals surface area (Å²) in [5.74, 6) is -1.32. The zero-order valence-electron chi connectivity index (χ0n) is 17.7. The molecule has 2 aliphatic rings. The highest BCUT2D eigenvalue weighted by molar-refractivity contribution is 6.00. The second-order valence-electron chi connectivity index (χ2n) is 7.89. The van der Waals surface area contributed by atoms with Crippen molar-refractivity contribution in [3.05, 3.63) is 76.0 Å². The first kappa shape index (κ1) is 22.4. The molecule has 0 unspecified atom stereocenters. The van der Waals surface area contributed by atoms with Crippen LogP contribution in [-0.2, 0) is 20.5 Å². The number of ether oxygens (including phenoxy) is 1. The van der Waals surface area contributed by atoms with Gasteiger partial charge in [0.1, 0.15) is 13.2 Å². The largest absolute Gasteiger partial charge is 0.456 e. The maximum atomic E-state index is 12.9. The number of urea groups is 1. The predicted octanol–water partition coefficient (Wildman–Crippen LogP) is 3.84. The second kappa shape index (κ2) is 8.27. The van der Waals surface area contributed by atoms with Crippen LogP contribution in [0.5, 0.6) is 0 Å². The number of esters is 1. The third kappa shape index (κ3) is 4.41. The topological polar surface area (TPSA) is 87.7 Å². The fraction of sp³-hybridized carbons (Fsp3) is 0.261. The van der Waals surface area contributed by atoms with Crippen LogP contribution in [-0.4, -0.2) is 36.0 Å². The van der Waals surface area contributed by atoms with Crippen molar-refractivity contribution in [2.75, 3.05) is 18.5 Å². The number of halogens is 3. The average molecular weight is 459 g/mol. The van der Waals surface area contributed by atoms with Crippen LogP contribution in [0, 0.1) is 13.8 Å². The summed E-state index contributed by atoms with van der Waals surface area (Å²) in [6, 6.07) is 8.49. The minimum Gasteiger partial charge on any atom is -0.456 e. The fourth-order valence-electron chi connectivity index (χ4n) is 3.90. The van der Waals surface area contributed by atoms with Crippen molar-refractivity contribution in [2.45, 2.75) is 26.1 Å². The predicted molar refractivity (Wildman–Crippen MR) is 112 cm³/mol. The number of carbonyl (C=O) groups excluding carboxylic acids is 3. The van der Waals surface area contributed by atoms with Gasteiger partial charge < -0.3 is 15.4 Å². The molecular weight excluding hydrogens is 439 g/mol. The van der Waals surface area contributed by atoms with E-state index in [4.69, 9.17) is 4.74 Å². The number of alkyl halides is 3. The van der Waals surface area contributed by atoms with E-state index in [1.165, 1.54) is 12.1 Å². The molecule has 2 N–H and O–H groups in total. The molecule has 0 bridgehead atoms. The van der Waals surface area contributed by atoms with E-state index >= 15 is 0 Å². The maximum Gasteiger partial charge on any atom is 0.416 e. The first-order chi connectivity index (χ1) is 15.5. The van der Waals surface area contributed by atoms with Crippen LogP contribution in [0.1, 0.15) is 28.3 Å². The van der Waals surface area contributed by atoms with Crippen LogP contribution >= 0.6 is 0 Å². The molecule has 172 valence electrons. The number of nitrogens with zero attached hydrogens (tertiary/aromatic N) is 1. The summed E-state index contributed by atoms with van der Waals surface area (Å²) >= 11 is 0. The number of hydrogen-bond acceptors (Lipinski definition) is 4. The van der Waals surface area contributed by atoms with Gasteiger partial charge in [0.15, 0.2) is 0 Å². The van der Waals surface area contributed by atoms with Crippen LogP contribution < -0.4 is 10.6 Å². The molecule has 0 fully saturated rings. The zero-order valence-corrected chi connectivity index (χ0v) is 17.7. The summed E-state index contributed by atoms with van der Waals surface area (Å²) in [4.78, 5) is 39.0. The second-order valence-corrected chi connectivity index (χ2v) is 7.89. The van der Waals surface area contributed by atoms with E-state index in [9.17, 15) is 27.6 Å². The van der Waals surface area contributed by atoms with Crippen molar-refractivity contribution in [2.24, 2.45) is 0 Å². The summed E-state index contributed by atoms with van der Waals surface area (Å²) in [7, 11) is 0. The van der Waals surface area contributed by atoms with Crippen LogP contribution in [0.4, 0.5) is 23.7 Å². The van der Waals surface area contributed by atoms with E-state index in [0.717, 1.165) is 33.7 Å². The molecule has 3 amide bonds. The molecule has 0 aromatic heterocycles. The number of carbonyl (C=O) groups is 3. The summed E-state index contributed by atoms with van der Waals surface area (Å²) < 4.78 is 43.9. The molecule has 2 heterocycles. The Labute approximate surface area is 187 Å². The Morgan fingerprint density at radius 2 is 1.94 bits per heavy atom. The molecule has 0 saturated carbocycles. The molecule has 2 aromatic carbocycles. The number of aryl methyl sites for hydroxylation is 2. The van der Waals surface area contributed by atoms with Crippen molar-refractivity contribution in [1.29, 1.82) is 0 Å². The lowest BCUT2D eigenvalue weighted by atomic mass is 9.91. The van der Waals surface area contributed by atoms with Gasteiger partial charge in [-0.1, -0.05) is 29.8 Å². The highest BCUT2D eigenvalue weighted by Crippen LogP contribution is 2.36. The summed E-state index contributed by atoms with van der Waals surface area (Å²) in [5.41, 5.74) is 2.07. The number of rotatable bonds is 4. The van der Waals surface area contributed by atoms with Crippen molar-refractivity contribution in [3.8, 4) is 0 Å². The molecule has 0 aliphatic carbocycles. The zero-order chi connectivity index (χ0) is 23.9. The van der Waals surface area contributed by atoms with Gasteiger partial charge in [0.25, 0.3) is 0 Å². The van der Waals surface area contributed by atoms with E-state index in [0.29, 0.717) is 0 Å². The maximum absolute atomic E-state index is 12.9. The van der Waals surface area contributed by atoms with E-state index in [-0.39, 0.29) is 23.6 Å². The molecule has 0 spiro atoms. The normalized spacial score (nSPS) is 18.1. The Hall–Kier alpha value is -3.82. The lowest BCUT2D eigenvalue weighted by Gasteiger charge is -2.33. The van der Waals surface area contributed by atoms with E-state index in [1.54, 1.807) is 0 Å². The van der Waals surface area contributed by atoms with Crippen molar-refractivity contribution < 1.29 is 32.3 Å². The minimum absolute atomic E-state index is 0.0616. The van der Waals surface area contributed by atoms with E-state index in [2.05, 4.69) is 10.6 Å². The SMILES string of the molecule is Cc1ccc(C)c([C@H]2NC(=O)N(CC(=O)Nc3cccc(C(F)(F)F)c3)C3=C2C(=O)OC3)c1. The van der Waals surface area contributed by atoms with Gasteiger partial charge in [-0.15, -0.1) is 0 Å². The van der Waals surface area contributed by atoms with Gasteiger partial charge >= 0.3 is 18.2 Å². The molecule has 1 atom stereocenters. The lowest BCUT2D eigenvalue weighted by molar-refractivity contribution is -0.138. The molecule has 4 rings (SSSR count). The van der Waals surface area contributed by atoms with E-state index in [1.807, 2.05) is 32.0 Å². The number of hydrogen-bond donors (Lipinski definition) is 2. The van der Waals surface area contributed by atoms with Crippen LogP contribution in [0.2, 0.25) is 0 Å². The number of benzene rings is 2. The molecule has 10 heteroatoms. The molecule has 33 heavy (non-hydrogen) atoms. The molecule has 2 aliphatic heterocycles. The first-order valence-corrected chi connectivity index (χ1v) is 10.1. The van der Waals surface area contributed by atoms with Crippen molar-refractivity contribution in [3.63, 3.8) is 0 Å². The average Bonchev–Trinajstić information content (AvgIpc) is 3.13. The Bertz CT molecular complexity index is 1190. The van der Waals surface area contributed by atoms with Crippen LogP contribution in [0.15, 0.2) is 53.7 Å². The molecular formula is C23H20F3N3O4. The Kier molecular flexibility index (Phi) is 5.61. The van der Waals surface area contributed by atoms with Crippen molar-refractivity contribution >= 4 is 23.6 Å². The monoisotopic (exact) mass is 459 g/mol. The molecule has 7 nitrogen and oxygen atoms in total. The molecule has 0 radical (unpaired) electrons. The summed E-state index contributed by atoms with van der Waals surface area (Å²) in [5, 5.41) is 5.11. The minimum atomic E-state index is -4.56. The number of anilines is 1. The van der Waals surface area contributed by atoms with Gasteiger partial charge in [-0.05, 0) is 43.2 Å². The number of cyclic esters (lactones) is 1. The smallest absolute Gasteiger partial charge is 0.416 e. The fourth-order valence-corrected chi connectivity index (χ4v) is 3.90. The third-order valence-electron chi connectivity index (χ3n) is 5.52. The van der Waals surface area contributed by atoms with Gasteiger partial charge in [0.05, 0.1) is 22.9 Å². The third-order valence-corrected chi connectivity index (χ3v) is 5.52.